The zero-order valence-electron chi connectivity index (χ0n) is 12.6. The molecule has 0 atom stereocenters. The van der Waals surface area contributed by atoms with Gasteiger partial charge in [-0.2, -0.15) is 0 Å². The highest BCUT2D eigenvalue weighted by Gasteiger charge is 2.23. The van der Waals surface area contributed by atoms with Crippen LogP contribution in [0.25, 0.3) is 5.65 Å². The van der Waals surface area contributed by atoms with Gasteiger partial charge in [-0.3, -0.25) is 0 Å². The number of anilines is 1. The Morgan fingerprint density at radius 2 is 2.14 bits per heavy atom. The van der Waals surface area contributed by atoms with E-state index in [1.54, 1.807) is 0 Å². The molecule has 1 saturated heterocycles. The van der Waals surface area contributed by atoms with Crippen molar-refractivity contribution in [2.45, 2.75) is 26.3 Å². The predicted molar refractivity (Wildman–Crippen MR) is 84.6 cm³/mol. The second-order valence-corrected chi connectivity index (χ2v) is 5.70. The highest BCUT2D eigenvalue weighted by Crippen LogP contribution is 2.26. The fourth-order valence-corrected chi connectivity index (χ4v) is 3.02. The van der Waals surface area contributed by atoms with Crippen LogP contribution in [-0.2, 0) is 6.54 Å². The summed E-state index contributed by atoms with van der Waals surface area (Å²) in [6.07, 6.45) is 4.18. The van der Waals surface area contributed by atoms with Crippen LogP contribution in [0.5, 0.6) is 0 Å². The molecule has 0 saturated carbocycles. The van der Waals surface area contributed by atoms with Gasteiger partial charge in [0.15, 0.2) is 5.82 Å². The zero-order valence-corrected chi connectivity index (χ0v) is 12.6. The molecule has 3 heterocycles. The Hall–Kier alpha value is -1.59. The average Bonchev–Trinajstić information content (AvgIpc) is 2.91. The van der Waals surface area contributed by atoms with E-state index in [9.17, 15) is 5.11 Å². The van der Waals surface area contributed by atoms with Crippen molar-refractivity contribution in [2.24, 2.45) is 5.92 Å². The van der Waals surface area contributed by atoms with Gasteiger partial charge < -0.3 is 19.7 Å². The van der Waals surface area contributed by atoms with E-state index in [0.717, 1.165) is 50.5 Å². The molecule has 1 aliphatic rings. The molecule has 3 rings (SSSR count). The summed E-state index contributed by atoms with van der Waals surface area (Å²) in [7, 11) is 0. The fraction of sp³-hybridized carbons (Fsp3) is 0.562. The van der Waals surface area contributed by atoms with Crippen molar-refractivity contribution >= 4 is 11.5 Å². The third-order valence-corrected chi connectivity index (χ3v) is 4.32. The largest absolute Gasteiger partial charge is 0.396 e. The zero-order chi connectivity index (χ0) is 14.7. The first-order chi connectivity index (χ1) is 10.3. The average molecular weight is 288 g/mol. The number of rotatable bonds is 5. The topological polar surface area (TPSA) is 52.8 Å². The number of aromatic nitrogens is 2. The number of pyridine rings is 1. The molecule has 0 amide bonds. The van der Waals surface area contributed by atoms with E-state index in [0.29, 0.717) is 12.5 Å². The Balaban J connectivity index is 1.90. The van der Waals surface area contributed by atoms with Crippen LogP contribution in [0.4, 0.5) is 5.82 Å². The van der Waals surface area contributed by atoms with E-state index < -0.39 is 0 Å². The Labute approximate surface area is 125 Å². The van der Waals surface area contributed by atoms with Gasteiger partial charge in [0, 0.05) is 32.4 Å². The van der Waals surface area contributed by atoms with Gasteiger partial charge in [0.1, 0.15) is 5.65 Å². The van der Waals surface area contributed by atoms with Crippen molar-refractivity contribution in [1.29, 1.82) is 0 Å². The number of imidazole rings is 1. The summed E-state index contributed by atoms with van der Waals surface area (Å²) >= 11 is 0. The normalized spacial score (nSPS) is 16.8. The third-order valence-electron chi connectivity index (χ3n) is 4.32. The van der Waals surface area contributed by atoms with Gasteiger partial charge in [0.05, 0.1) is 5.69 Å². The van der Waals surface area contributed by atoms with E-state index in [1.807, 2.05) is 12.1 Å². The molecule has 2 aromatic heterocycles. The lowest BCUT2D eigenvalue weighted by molar-refractivity contribution is 0.202. The second kappa shape index (κ2) is 6.45. The maximum absolute atomic E-state index is 9.28. The molecule has 1 fully saturated rings. The van der Waals surface area contributed by atoms with Gasteiger partial charge in [-0.1, -0.05) is 13.0 Å². The maximum Gasteiger partial charge on any atom is 0.152 e. The molecule has 21 heavy (non-hydrogen) atoms. The van der Waals surface area contributed by atoms with Gasteiger partial charge in [0.25, 0.3) is 0 Å². The molecule has 2 aromatic rings. The highest BCUT2D eigenvalue weighted by molar-refractivity contribution is 5.56. The van der Waals surface area contributed by atoms with Crippen LogP contribution in [0.1, 0.15) is 25.5 Å². The summed E-state index contributed by atoms with van der Waals surface area (Å²) in [4.78, 5) is 7.19. The number of fused-ring (bicyclic) bond motifs is 1. The Morgan fingerprint density at radius 3 is 2.86 bits per heavy atom. The van der Waals surface area contributed by atoms with Crippen molar-refractivity contribution in [1.82, 2.24) is 14.7 Å². The molecule has 0 bridgehead atoms. The number of aliphatic hydroxyl groups is 1. The summed E-state index contributed by atoms with van der Waals surface area (Å²) in [5.74, 6) is 1.55. The van der Waals surface area contributed by atoms with Crippen molar-refractivity contribution in [2.75, 3.05) is 31.1 Å². The lowest BCUT2D eigenvalue weighted by Crippen LogP contribution is -2.35. The number of hydrogen-bond acceptors (Lipinski definition) is 4. The van der Waals surface area contributed by atoms with Crippen LogP contribution in [0, 0.1) is 5.92 Å². The number of piperidine rings is 1. The SMILES string of the molecule is CCNCc1c(N2CCC(CO)CC2)nc2ccccn12. The number of hydrogen-bond donors (Lipinski definition) is 2. The quantitative estimate of drug-likeness (QED) is 0.878. The van der Waals surface area contributed by atoms with Gasteiger partial charge >= 0.3 is 0 Å². The molecule has 1 aliphatic heterocycles. The lowest BCUT2D eigenvalue weighted by Gasteiger charge is -2.32. The summed E-state index contributed by atoms with van der Waals surface area (Å²) < 4.78 is 2.18. The van der Waals surface area contributed by atoms with Gasteiger partial charge in [-0.25, -0.2) is 4.98 Å². The van der Waals surface area contributed by atoms with Gasteiger partial charge in [0.2, 0.25) is 0 Å². The van der Waals surface area contributed by atoms with Crippen LogP contribution in [0.3, 0.4) is 0 Å². The van der Waals surface area contributed by atoms with Gasteiger partial charge in [-0.15, -0.1) is 0 Å². The standard InChI is InChI=1S/C16H24N4O/c1-2-17-11-14-16(18-15-5-3-4-8-20(14)15)19-9-6-13(12-21)7-10-19/h3-5,8,13,17,21H,2,6-7,9-12H2,1H3. The van der Waals surface area contributed by atoms with E-state index in [1.165, 1.54) is 5.69 Å². The first-order valence-corrected chi connectivity index (χ1v) is 7.86. The molecule has 0 unspecified atom stereocenters. The van der Waals surface area contributed by atoms with Crippen LogP contribution in [-0.4, -0.2) is 40.7 Å². The molecule has 0 aliphatic carbocycles. The summed E-state index contributed by atoms with van der Waals surface area (Å²) in [6.45, 7) is 6.17. The molecule has 114 valence electrons. The molecule has 5 heteroatoms. The Morgan fingerprint density at radius 1 is 1.33 bits per heavy atom. The van der Waals surface area contributed by atoms with Crippen molar-refractivity contribution < 1.29 is 5.11 Å². The second-order valence-electron chi connectivity index (χ2n) is 5.70. The van der Waals surface area contributed by atoms with Crippen LogP contribution < -0.4 is 10.2 Å². The number of nitrogens with one attached hydrogen (secondary N) is 1. The highest BCUT2D eigenvalue weighted by atomic mass is 16.3. The van der Waals surface area contributed by atoms with E-state index in [-0.39, 0.29) is 0 Å². The summed E-state index contributed by atoms with van der Waals surface area (Å²) in [6, 6.07) is 6.13. The van der Waals surface area contributed by atoms with E-state index >= 15 is 0 Å². The Kier molecular flexibility index (Phi) is 4.41. The minimum absolute atomic E-state index is 0.309. The molecule has 5 nitrogen and oxygen atoms in total. The first-order valence-electron chi connectivity index (χ1n) is 7.86. The minimum Gasteiger partial charge on any atom is -0.396 e. The van der Waals surface area contributed by atoms with Gasteiger partial charge in [-0.05, 0) is 37.4 Å². The fourth-order valence-electron chi connectivity index (χ4n) is 3.02. The van der Waals surface area contributed by atoms with Crippen LogP contribution in [0.2, 0.25) is 0 Å². The molecule has 2 N–H and O–H groups in total. The van der Waals surface area contributed by atoms with Crippen molar-refractivity contribution in [3.8, 4) is 0 Å². The van der Waals surface area contributed by atoms with Crippen molar-refractivity contribution in [3.63, 3.8) is 0 Å². The predicted octanol–water partition coefficient (Wildman–Crippen LogP) is 1.65. The van der Waals surface area contributed by atoms with E-state index in [2.05, 4.69) is 33.8 Å². The maximum atomic E-state index is 9.28. The third kappa shape index (κ3) is 2.89. The molecule has 0 radical (unpaired) electrons. The lowest BCUT2D eigenvalue weighted by atomic mass is 9.98. The monoisotopic (exact) mass is 288 g/mol. The minimum atomic E-state index is 0.309. The number of nitrogens with zero attached hydrogens (tertiary/aromatic N) is 3. The Bertz CT molecular complexity index is 587. The van der Waals surface area contributed by atoms with Crippen LogP contribution in [0.15, 0.2) is 24.4 Å². The van der Waals surface area contributed by atoms with E-state index in [4.69, 9.17) is 4.98 Å². The number of aliphatic hydroxyl groups excluding tert-OH is 1. The molecule has 0 aromatic carbocycles. The molecular formula is C16H24N4O. The van der Waals surface area contributed by atoms with Crippen LogP contribution >= 0.6 is 0 Å². The van der Waals surface area contributed by atoms with Crippen molar-refractivity contribution in [3.05, 3.63) is 30.1 Å². The summed E-state index contributed by atoms with van der Waals surface area (Å²) in [5, 5.41) is 12.7. The molecule has 0 spiro atoms. The smallest absolute Gasteiger partial charge is 0.152 e. The first kappa shape index (κ1) is 14.4. The summed E-state index contributed by atoms with van der Waals surface area (Å²) in [5.41, 5.74) is 2.24. The molecular weight excluding hydrogens is 264 g/mol.